The van der Waals surface area contributed by atoms with E-state index in [1.54, 1.807) is 0 Å². The van der Waals surface area contributed by atoms with Crippen LogP contribution < -0.4 is 0 Å². The minimum atomic E-state index is -0.841. The summed E-state index contributed by atoms with van der Waals surface area (Å²) in [6.45, 7) is 2.07. The van der Waals surface area contributed by atoms with E-state index in [0.29, 0.717) is 11.5 Å². The van der Waals surface area contributed by atoms with Crippen molar-refractivity contribution in [3.63, 3.8) is 0 Å². The van der Waals surface area contributed by atoms with Gasteiger partial charge in [0.1, 0.15) is 0 Å². The second kappa shape index (κ2) is 6.51. The summed E-state index contributed by atoms with van der Waals surface area (Å²) in [4.78, 5) is 0. The molecule has 0 aliphatic rings. The predicted molar refractivity (Wildman–Crippen MR) is 66.2 cm³/mol. The third-order valence-electron chi connectivity index (χ3n) is 2.23. The molecule has 0 fully saturated rings. The Morgan fingerprint density at radius 2 is 2.00 bits per heavy atom. The Labute approximate surface area is 93.7 Å². The molecule has 0 amide bonds. The fraction of sp³-hybridized carbons (Fsp3) is 0.417. The van der Waals surface area contributed by atoms with Gasteiger partial charge in [-0.25, -0.2) is 0 Å². The van der Waals surface area contributed by atoms with Crippen molar-refractivity contribution in [2.45, 2.75) is 19.8 Å². The van der Waals surface area contributed by atoms with Gasteiger partial charge < -0.3 is 5.41 Å². The van der Waals surface area contributed by atoms with Gasteiger partial charge in [-0.1, -0.05) is 29.8 Å². The van der Waals surface area contributed by atoms with E-state index in [-0.39, 0.29) is 0 Å². The largest absolute Gasteiger partial charge is 0.312 e. The van der Waals surface area contributed by atoms with Crippen LogP contribution in [0.15, 0.2) is 24.3 Å². The highest BCUT2D eigenvalue weighted by Gasteiger charge is 1.98. The van der Waals surface area contributed by atoms with Gasteiger partial charge >= 0.3 is 0 Å². The summed E-state index contributed by atoms with van der Waals surface area (Å²) in [5.74, 6) is 1.09. The zero-order valence-corrected chi connectivity index (χ0v) is 9.85. The molecule has 1 N–H and O–H groups in total. The van der Waals surface area contributed by atoms with Crippen molar-refractivity contribution in [2.24, 2.45) is 0 Å². The van der Waals surface area contributed by atoms with Crippen molar-refractivity contribution in [1.82, 2.24) is 0 Å². The molecule has 1 aromatic rings. The summed E-state index contributed by atoms with van der Waals surface area (Å²) in [6.07, 6.45) is 3.13. The maximum atomic E-state index is 11.2. The molecule has 3 heteroatoms. The van der Waals surface area contributed by atoms with E-state index in [2.05, 4.69) is 31.2 Å². The molecule has 0 radical (unpaired) electrons. The van der Waals surface area contributed by atoms with Gasteiger partial charge in [-0.05, 0) is 25.3 Å². The molecule has 1 unspecified atom stereocenters. The molecule has 0 bridgehead atoms. The Bertz CT molecular complexity index is 332. The SMILES string of the molecule is Cc1ccc(CCCS(=O)CC=N)cc1. The van der Waals surface area contributed by atoms with Crippen molar-refractivity contribution >= 4 is 17.0 Å². The van der Waals surface area contributed by atoms with Gasteiger partial charge in [-0.15, -0.1) is 0 Å². The monoisotopic (exact) mass is 223 g/mol. The number of rotatable bonds is 6. The highest BCUT2D eigenvalue weighted by molar-refractivity contribution is 7.85. The number of aryl methyl sites for hydroxylation is 2. The quantitative estimate of drug-likeness (QED) is 0.739. The molecule has 0 saturated carbocycles. The molecule has 15 heavy (non-hydrogen) atoms. The summed E-state index contributed by atoms with van der Waals surface area (Å²) in [6, 6.07) is 8.44. The van der Waals surface area contributed by atoms with Crippen LogP contribution in [0.25, 0.3) is 0 Å². The van der Waals surface area contributed by atoms with Gasteiger partial charge in [0.05, 0.1) is 5.75 Å². The van der Waals surface area contributed by atoms with Crippen LogP contribution in [0.2, 0.25) is 0 Å². The molecule has 1 aromatic carbocycles. The molecule has 0 heterocycles. The first kappa shape index (κ1) is 12.1. The molecular formula is C12H17NOS. The Morgan fingerprint density at radius 1 is 1.33 bits per heavy atom. The number of hydrogen-bond acceptors (Lipinski definition) is 2. The Kier molecular flexibility index (Phi) is 5.26. The van der Waals surface area contributed by atoms with Crippen LogP contribution in [-0.2, 0) is 17.2 Å². The van der Waals surface area contributed by atoms with E-state index in [4.69, 9.17) is 5.41 Å². The molecule has 0 aliphatic heterocycles. The Morgan fingerprint density at radius 3 is 2.60 bits per heavy atom. The number of benzene rings is 1. The predicted octanol–water partition coefficient (Wildman–Crippen LogP) is 2.33. The Hall–Kier alpha value is -0.960. The highest BCUT2D eigenvalue weighted by Crippen LogP contribution is 2.06. The van der Waals surface area contributed by atoms with E-state index >= 15 is 0 Å². The number of nitrogens with one attached hydrogen (secondary N) is 1. The van der Waals surface area contributed by atoms with Gasteiger partial charge in [0, 0.05) is 22.8 Å². The van der Waals surface area contributed by atoms with Crippen LogP contribution in [0.3, 0.4) is 0 Å². The lowest BCUT2D eigenvalue weighted by Gasteiger charge is -2.01. The van der Waals surface area contributed by atoms with Crippen LogP contribution in [0.4, 0.5) is 0 Å². The first-order valence-electron chi connectivity index (χ1n) is 5.12. The Balaban J connectivity index is 2.28. The fourth-order valence-corrected chi connectivity index (χ4v) is 2.19. The molecule has 0 aliphatic carbocycles. The summed E-state index contributed by atoms with van der Waals surface area (Å²) >= 11 is 0. The summed E-state index contributed by atoms with van der Waals surface area (Å²) in [7, 11) is -0.841. The van der Waals surface area contributed by atoms with E-state index in [9.17, 15) is 4.21 Å². The molecule has 0 aromatic heterocycles. The topological polar surface area (TPSA) is 40.9 Å². The third-order valence-corrected chi connectivity index (χ3v) is 3.51. The molecule has 0 saturated heterocycles. The van der Waals surface area contributed by atoms with Crippen molar-refractivity contribution < 1.29 is 4.21 Å². The van der Waals surface area contributed by atoms with E-state index in [1.807, 2.05) is 0 Å². The molecule has 2 nitrogen and oxygen atoms in total. The zero-order valence-electron chi connectivity index (χ0n) is 9.03. The minimum absolute atomic E-state index is 0.397. The van der Waals surface area contributed by atoms with Crippen LogP contribution in [0.1, 0.15) is 17.5 Å². The molecule has 1 atom stereocenters. The van der Waals surface area contributed by atoms with Crippen LogP contribution >= 0.6 is 0 Å². The standard InChI is InChI=1S/C12H17NOS/c1-11-4-6-12(7-5-11)3-2-9-15(14)10-8-13/h4-8,13H,2-3,9-10H2,1H3. The van der Waals surface area contributed by atoms with E-state index in [0.717, 1.165) is 12.8 Å². The normalized spacial score (nSPS) is 12.3. The van der Waals surface area contributed by atoms with Crippen molar-refractivity contribution in [1.29, 1.82) is 5.41 Å². The zero-order chi connectivity index (χ0) is 11.1. The van der Waals surface area contributed by atoms with Crippen LogP contribution in [0.5, 0.6) is 0 Å². The maximum Gasteiger partial charge on any atom is 0.0582 e. The second-order valence-corrected chi connectivity index (χ2v) is 5.23. The second-order valence-electron chi connectivity index (χ2n) is 3.60. The van der Waals surface area contributed by atoms with Gasteiger partial charge in [0.15, 0.2) is 0 Å². The lowest BCUT2D eigenvalue weighted by molar-refractivity contribution is 0.683. The van der Waals surface area contributed by atoms with Gasteiger partial charge in [-0.2, -0.15) is 0 Å². The third kappa shape index (κ3) is 4.88. The van der Waals surface area contributed by atoms with Crippen molar-refractivity contribution in [2.75, 3.05) is 11.5 Å². The minimum Gasteiger partial charge on any atom is -0.312 e. The van der Waals surface area contributed by atoms with Gasteiger partial charge in [0.2, 0.25) is 0 Å². The van der Waals surface area contributed by atoms with Crippen molar-refractivity contribution in [3.8, 4) is 0 Å². The lowest BCUT2D eigenvalue weighted by Crippen LogP contribution is -2.04. The molecular weight excluding hydrogens is 206 g/mol. The first-order valence-corrected chi connectivity index (χ1v) is 6.60. The smallest absolute Gasteiger partial charge is 0.0582 e. The van der Waals surface area contributed by atoms with Crippen LogP contribution in [-0.4, -0.2) is 21.9 Å². The van der Waals surface area contributed by atoms with Gasteiger partial charge in [-0.3, -0.25) is 4.21 Å². The molecule has 0 spiro atoms. The summed E-state index contributed by atoms with van der Waals surface area (Å²) < 4.78 is 11.2. The maximum absolute atomic E-state index is 11.2. The number of hydrogen-bond donors (Lipinski definition) is 1. The average Bonchev–Trinajstić information content (AvgIpc) is 2.21. The van der Waals surface area contributed by atoms with Gasteiger partial charge in [0.25, 0.3) is 0 Å². The van der Waals surface area contributed by atoms with Crippen LogP contribution in [0, 0.1) is 12.3 Å². The summed E-state index contributed by atoms with van der Waals surface area (Å²) in [5, 5.41) is 6.84. The van der Waals surface area contributed by atoms with E-state index < -0.39 is 10.8 Å². The average molecular weight is 223 g/mol. The molecule has 1 rings (SSSR count). The first-order chi connectivity index (χ1) is 7.22. The lowest BCUT2D eigenvalue weighted by atomic mass is 10.1. The summed E-state index contributed by atoms with van der Waals surface area (Å²) in [5.41, 5.74) is 2.57. The molecule has 82 valence electrons. The van der Waals surface area contributed by atoms with E-state index in [1.165, 1.54) is 17.3 Å². The van der Waals surface area contributed by atoms with Crippen molar-refractivity contribution in [3.05, 3.63) is 35.4 Å². The highest BCUT2D eigenvalue weighted by atomic mass is 32.2. The fourth-order valence-electron chi connectivity index (χ4n) is 1.37.